The molecule has 1 amide bonds. The summed E-state index contributed by atoms with van der Waals surface area (Å²) in [7, 11) is 0. The molecular weight excluding hydrogens is 480 g/mol. The minimum absolute atomic E-state index is 0.137. The van der Waals surface area contributed by atoms with Crippen LogP contribution >= 0.6 is 0 Å². The molecule has 10 nitrogen and oxygen atoms in total. The average Bonchev–Trinajstić information content (AvgIpc) is 2.86. The van der Waals surface area contributed by atoms with Crippen molar-refractivity contribution in [2.45, 2.75) is 18.1 Å². The normalized spacial score (nSPS) is 27.9. The van der Waals surface area contributed by atoms with Crippen LogP contribution in [0, 0.1) is 23.2 Å². The van der Waals surface area contributed by atoms with Gasteiger partial charge in [0.05, 0.1) is 28.9 Å². The molecule has 0 bridgehead atoms. The van der Waals surface area contributed by atoms with Crippen LogP contribution in [0.1, 0.15) is 28.7 Å². The number of phenolic OH excluding ortho intramolecular Hbond substituents is 1. The number of ketones is 2. The second-order valence-electron chi connectivity index (χ2n) is 9.18. The maximum absolute atomic E-state index is 13.8. The minimum Gasteiger partial charge on any atom is -0.508 e. The van der Waals surface area contributed by atoms with E-state index in [2.05, 4.69) is 0 Å². The fourth-order valence-electron chi connectivity index (χ4n) is 5.52. The second kappa shape index (κ2) is 8.16. The number of amides is 1. The molecule has 0 spiro atoms. The summed E-state index contributed by atoms with van der Waals surface area (Å²) in [4.78, 5) is 38.2. The highest BCUT2D eigenvalue weighted by molar-refractivity contribution is 6.23. The van der Waals surface area contributed by atoms with Gasteiger partial charge in [-0.25, -0.2) is 0 Å². The number of nitriles is 1. The monoisotopic (exact) mass is 500 g/mol. The number of hydrogen-bond donors (Lipinski definition) is 6. The van der Waals surface area contributed by atoms with Crippen LogP contribution < -0.4 is 5.73 Å². The summed E-state index contributed by atoms with van der Waals surface area (Å²) in [6.07, 6.45) is -0.777. The number of phenols is 1. The zero-order valence-corrected chi connectivity index (χ0v) is 19.0. The first-order chi connectivity index (χ1) is 17.5. The van der Waals surface area contributed by atoms with E-state index in [4.69, 9.17) is 11.0 Å². The fourth-order valence-corrected chi connectivity index (χ4v) is 5.52. The molecule has 2 aromatic rings. The molecule has 2 aromatic carbocycles. The van der Waals surface area contributed by atoms with Gasteiger partial charge >= 0.3 is 0 Å². The van der Waals surface area contributed by atoms with Gasteiger partial charge in [0.15, 0.2) is 11.4 Å². The van der Waals surface area contributed by atoms with Gasteiger partial charge < -0.3 is 31.3 Å². The highest BCUT2D eigenvalue weighted by Gasteiger charge is 2.64. The molecule has 0 aromatic heterocycles. The predicted molar refractivity (Wildman–Crippen MR) is 128 cm³/mol. The molecule has 0 aliphatic heterocycles. The van der Waals surface area contributed by atoms with Crippen molar-refractivity contribution in [3.05, 3.63) is 81.6 Å². The second-order valence-corrected chi connectivity index (χ2v) is 9.18. The molecule has 3 aliphatic carbocycles. The van der Waals surface area contributed by atoms with E-state index in [1.807, 2.05) is 6.07 Å². The Balaban J connectivity index is 1.80. The van der Waals surface area contributed by atoms with Crippen molar-refractivity contribution in [1.29, 1.82) is 5.26 Å². The average molecular weight is 500 g/mol. The van der Waals surface area contributed by atoms with Crippen molar-refractivity contribution < 1.29 is 39.9 Å². The first kappa shape index (κ1) is 24.0. The lowest BCUT2D eigenvalue weighted by molar-refractivity contribution is -0.157. The van der Waals surface area contributed by atoms with Crippen molar-refractivity contribution in [2.75, 3.05) is 0 Å². The van der Waals surface area contributed by atoms with Crippen LogP contribution in [0.3, 0.4) is 0 Å². The van der Waals surface area contributed by atoms with E-state index >= 15 is 0 Å². The van der Waals surface area contributed by atoms with Gasteiger partial charge in [-0.05, 0) is 34.9 Å². The molecule has 4 atom stereocenters. The van der Waals surface area contributed by atoms with Crippen LogP contribution in [0.2, 0.25) is 0 Å². The molecule has 0 radical (unpaired) electrons. The van der Waals surface area contributed by atoms with Crippen molar-refractivity contribution in [3.63, 3.8) is 0 Å². The van der Waals surface area contributed by atoms with Crippen molar-refractivity contribution in [2.24, 2.45) is 17.6 Å². The van der Waals surface area contributed by atoms with E-state index < -0.39 is 70.1 Å². The molecule has 0 saturated heterocycles. The molecule has 10 heteroatoms. The fraction of sp³-hybridized carbons (Fsp3) is 0.185. The van der Waals surface area contributed by atoms with Gasteiger partial charge in [0, 0.05) is 18.3 Å². The highest BCUT2D eigenvalue weighted by atomic mass is 16.4. The van der Waals surface area contributed by atoms with E-state index in [0.717, 1.165) is 0 Å². The molecule has 1 saturated carbocycles. The van der Waals surface area contributed by atoms with Crippen LogP contribution in [0.5, 0.6) is 5.75 Å². The smallest absolute Gasteiger partial charge is 0.255 e. The molecule has 3 aliphatic rings. The topological polar surface area (TPSA) is 202 Å². The van der Waals surface area contributed by atoms with Gasteiger partial charge in [0.25, 0.3) is 5.91 Å². The van der Waals surface area contributed by atoms with Crippen LogP contribution in [0.25, 0.3) is 17.4 Å². The molecular formula is C27H20N2O8. The summed E-state index contributed by atoms with van der Waals surface area (Å²) in [5.41, 5.74) is 2.20. The summed E-state index contributed by atoms with van der Waals surface area (Å²) in [6.45, 7) is 0. The number of hydrogen-bond acceptors (Lipinski definition) is 9. The summed E-state index contributed by atoms with van der Waals surface area (Å²) in [6, 6.07) is 12.7. The maximum atomic E-state index is 13.8. The molecule has 186 valence electrons. The number of nitrogens with two attached hydrogens (primary N) is 1. The molecule has 5 rings (SSSR count). The first-order valence-electron chi connectivity index (χ1n) is 11.2. The Morgan fingerprint density at radius 3 is 2.41 bits per heavy atom. The Hall–Kier alpha value is -4.72. The molecule has 7 N–H and O–H groups in total. The number of rotatable bonds is 2. The Morgan fingerprint density at radius 2 is 1.78 bits per heavy atom. The lowest BCUT2D eigenvalue weighted by Gasteiger charge is -2.49. The van der Waals surface area contributed by atoms with Gasteiger partial charge in [0.2, 0.25) is 5.78 Å². The number of carbonyl (C=O) groups is 3. The number of nitrogens with zero attached hydrogens (tertiary/aromatic N) is 1. The molecule has 1 fully saturated rings. The maximum Gasteiger partial charge on any atom is 0.255 e. The predicted octanol–water partition coefficient (Wildman–Crippen LogP) is 1.26. The van der Waals surface area contributed by atoms with Gasteiger partial charge in [0.1, 0.15) is 22.8 Å². The van der Waals surface area contributed by atoms with E-state index in [0.29, 0.717) is 11.1 Å². The minimum atomic E-state index is -2.92. The lowest BCUT2D eigenvalue weighted by atomic mass is 9.56. The Kier molecular flexibility index (Phi) is 5.29. The molecule has 0 heterocycles. The SMILES string of the molecule is N#Cc1ccc(/C=C2\c3cccc(O)c3C(O)=C3C(=O)[C@]4(O)C(O)=C(C(N)=O)C(=O)C[C@@H]4[C@@H](O)[C@@H]32)cc1. The van der Waals surface area contributed by atoms with Gasteiger partial charge in [-0.2, -0.15) is 5.26 Å². The van der Waals surface area contributed by atoms with Gasteiger partial charge in [-0.3, -0.25) is 14.4 Å². The van der Waals surface area contributed by atoms with Crippen molar-refractivity contribution in [3.8, 4) is 11.8 Å². The van der Waals surface area contributed by atoms with Crippen molar-refractivity contribution in [1.82, 2.24) is 0 Å². The number of benzene rings is 2. The Labute approximate surface area is 209 Å². The third kappa shape index (κ3) is 3.22. The quantitative estimate of drug-likeness (QED) is 0.328. The largest absolute Gasteiger partial charge is 0.508 e. The highest BCUT2D eigenvalue weighted by Crippen LogP contribution is 2.55. The number of aromatic hydroxyl groups is 1. The van der Waals surface area contributed by atoms with Crippen LogP contribution in [0.15, 0.2) is 59.4 Å². The number of aliphatic hydroxyl groups is 4. The number of aliphatic hydroxyl groups excluding tert-OH is 3. The summed E-state index contributed by atoms with van der Waals surface area (Å²) in [5.74, 6) is -8.80. The van der Waals surface area contributed by atoms with E-state index in [1.54, 1.807) is 36.4 Å². The lowest BCUT2D eigenvalue weighted by Crippen LogP contribution is -2.63. The number of fused-ring (bicyclic) bond motifs is 3. The summed E-state index contributed by atoms with van der Waals surface area (Å²) >= 11 is 0. The van der Waals surface area contributed by atoms with Crippen LogP contribution in [0.4, 0.5) is 0 Å². The van der Waals surface area contributed by atoms with Gasteiger partial charge in [-0.1, -0.05) is 30.3 Å². The number of Topliss-reactive ketones (excluding diaryl/α,β-unsaturated/α-hetero) is 2. The molecule has 0 unspecified atom stereocenters. The number of primary amides is 1. The zero-order chi connectivity index (χ0) is 26.8. The van der Waals surface area contributed by atoms with Crippen molar-refractivity contribution >= 4 is 34.9 Å². The van der Waals surface area contributed by atoms with E-state index in [1.165, 1.54) is 12.1 Å². The van der Waals surface area contributed by atoms with E-state index in [9.17, 15) is 39.9 Å². The summed E-state index contributed by atoms with van der Waals surface area (Å²) < 4.78 is 0. The van der Waals surface area contributed by atoms with Crippen LogP contribution in [-0.4, -0.2) is 54.7 Å². The Morgan fingerprint density at radius 1 is 1.11 bits per heavy atom. The number of carbonyl (C=O) groups excluding carboxylic acids is 3. The molecule has 37 heavy (non-hydrogen) atoms. The summed E-state index contributed by atoms with van der Waals surface area (Å²) in [5, 5.41) is 64.4. The van der Waals surface area contributed by atoms with Crippen LogP contribution in [-0.2, 0) is 14.4 Å². The standard InChI is InChI=1S/C27H20N2O8/c28-10-12-6-4-11(5-7-12)8-14-13-2-1-3-16(30)18(13)23(33)21-19(14)22(32)15-9-17(31)20(26(29)36)24(34)27(15,37)25(21)35/h1-8,15,19,22,30,32-34,37H,9H2,(H2,29,36)/b14-8+/t15-,19-,22-,27-/m1/s1. The zero-order valence-electron chi connectivity index (χ0n) is 19.0. The first-order valence-corrected chi connectivity index (χ1v) is 11.2. The van der Waals surface area contributed by atoms with E-state index in [-0.39, 0.29) is 22.4 Å². The Bertz CT molecular complexity index is 1540. The third-order valence-electron chi connectivity index (χ3n) is 7.26. The van der Waals surface area contributed by atoms with Gasteiger partial charge in [-0.15, -0.1) is 0 Å². The third-order valence-corrected chi connectivity index (χ3v) is 7.26.